The highest BCUT2D eigenvalue weighted by molar-refractivity contribution is 5.37. The molecule has 1 aromatic heterocycles. The molecule has 1 heterocycles. The Kier molecular flexibility index (Phi) is 3.57. The van der Waals surface area contributed by atoms with E-state index in [2.05, 4.69) is 15.4 Å². The second-order valence-electron chi connectivity index (χ2n) is 4.23. The summed E-state index contributed by atoms with van der Waals surface area (Å²) in [6.07, 6.45) is 0.569. The molecule has 0 aliphatic heterocycles. The minimum Gasteiger partial charge on any atom is -0.496 e. The lowest BCUT2D eigenvalue weighted by atomic mass is 10.0. The van der Waals surface area contributed by atoms with Gasteiger partial charge in [0.15, 0.2) is 5.82 Å². The standard InChI is InChI=1S/C12H17N5O/c1-8-6-9(4-5-11(8)18-3)10(13)7-12-14-16-17(2)15-12/h4-6,10H,7,13H2,1-3H3. The van der Waals surface area contributed by atoms with E-state index in [0.717, 1.165) is 16.9 Å². The normalized spacial score (nSPS) is 12.4. The summed E-state index contributed by atoms with van der Waals surface area (Å²) in [6.45, 7) is 2.00. The van der Waals surface area contributed by atoms with Gasteiger partial charge >= 0.3 is 0 Å². The van der Waals surface area contributed by atoms with E-state index in [-0.39, 0.29) is 6.04 Å². The number of rotatable bonds is 4. The van der Waals surface area contributed by atoms with Gasteiger partial charge in [-0.25, -0.2) is 0 Å². The van der Waals surface area contributed by atoms with Crippen LogP contribution in [0, 0.1) is 6.92 Å². The number of aromatic nitrogens is 4. The molecule has 0 bridgehead atoms. The van der Waals surface area contributed by atoms with E-state index in [1.54, 1.807) is 14.2 Å². The molecule has 0 aliphatic rings. The van der Waals surface area contributed by atoms with Crippen LogP contribution in [-0.2, 0) is 13.5 Å². The molecule has 96 valence electrons. The fourth-order valence-corrected chi connectivity index (χ4v) is 1.85. The number of benzene rings is 1. The van der Waals surface area contributed by atoms with Gasteiger partial charge in [-0.15, -0.1) is 10.2 Å². The van der Waals surface area contributed by atoms with Crippen molar-refractivity contribution in [1.82, 2.24) is 20.2 Å². The first-order valence-electron chi connectivity index (χ1n) is 5.73. The summed E-state index contributed by atoms with van der Waals surface area (Å²) in [4.78, 5) is 1.43. The predicted octanol–water partition coefficient (Wildman–Crippen LogP) is 0.770. The van der Waals surface area contributed by atoms with Crippen LogP contribution in [0.4, 0.5) is 0 Å². The zero-order chi connectivity index (χ0) is 13.1. The number of hydrogen-bond acceptors (Lipinski definition) is 5. The summed E-state index contributed by atoms with van der Waals surface area (Å²) in [6, 6.07) is 5.78. The lowest BCUT2D eigenvalue weighted by Crippen LogP contribution is -2.14. The van der Waals surface area contributed by atoms with E-state index in [4.69, 9.17) is 10.5 Å². The quantitative estimate of drug-likeness (QED) is 0.863. The molecule has 1 atom stereocenters. The van der Waals surface area contributed by atoms with Crippen LogP contribution >= 0.6 is 0 Å². The molecular weight excluding hydrogens is 230 g/mol. The Morgan fingerprint density at radius 2 is 2.22 bits per heavy atom. The zero-order valence-electron chi connectivity index (χ0n) is 10.8. The van der Waals surface area contributed by atoms with Gasteiger partial charge in [0, 0.05) is 12.5 Å². The Balaban J connectivity index is 2.13. The molecule has 0 spiro atoms. The molecule has 6 nitrogen and oxygen atoms in total. The number of nitrogens with two attached hydrogens (primary N) is 1. The molecule has 2 aromatic rings. The Labute approximate surface area is 106 Å². The van der Waals surface area contributed by atoms with Crippen molar-refractivity contribution >= 4 is 0 Å². The average molecular weight is 247 g/mol. The lowest BCUT2D eigenvalue weighted by Gasteiger charge is -2.12. The summed E-state index contributed by atoms with van der Waals surface area (Å²) >= 11 is 0. The monoisotopic (exact) mass is 247 g/mol. The fourth-order valence-electron chi connectivity index (χ4n) is 1.85. The molecule has 18 heavy (non-hydrogen) atoms. The third kappa shape index (κ3) is 2.65. The molecule has 0 amide bonds. The van der Waals surface area contributed by atoms with Gasteiger partial charge in [0.2, 0.25) is 0 Å². The van der Waals surface area contributed by atoms with Gasteiger partial charge in [-0.3, -0.25) is 0 Å². The Hall–Kier alpha value is -1.95. The number of hydrogen-bond donors (Lipinski definition) is 1. The molecular formula is C12H17N5O. The number of aryl methyl sites for hydroxylation is 2. The number of tetrazole rings is 1. The van der Waals surface area contributed by atoms with Gasteiger partial charge in [-0.05, 0) is 29.3 Å². The summed E-state index contributed by atoms with van der Waals surface area (Å²) in [5, 5.41) is 11.8. The van der Waals surface area contributed by atoms with Crippen molar-refractivity contribution in [1.29, 1.82) is 0 Å². The highest BCUT2D eigenvalue weighted by atomic mass is 16.5. The highest BCUT2D eigenvalue weighted by Crippen LogP contribution is 2.22. The van der Waals surface area contributed by atoms with E-state index < -0.39 is 0 Å². The third-order valence-electron chi connectivity index (χ3n) is 2.80. The SMILES string of the molecule is COc1ccc(C(N)Cc2nnn(C)n2)cc1C. The van der Waals surface area contributed by atoms with Crippen molar-refractivity contribution in [3.63, 3.8) is 0 Å². The third-order valence-corrected chi connectivity index (χ3v) is 2.80. The highest BCUT2D eigenvalue weighted by Gasteiger charge is 2.12. The summed E-state index contributed by atoms with van der Waals surface area (Å²) in [5.74, 6) is 1.52. The molecule has 1 unspecified atom stereocenters. The maximum absolute atomic E-state index is 6.14. The van der Waals surface area contributed by atoms with Crippen LogP contribution in [0.5, 0.6) is 5.75 Å². The fraction of sp³-hybridized carbons (Fsp3) is 0.417. The molecule has 0 aliphatic carbocycles. The Morgan fingerprint density at radius 1 is 1.44 bits per heavy atom. The molecule has 0 saturated heterocycles. The van der Waals surface area contributed by atoms with Crippen molar-refractivity contribution in [3.05, 3.63) is 35.2 Å². The van der Waals surface area contributed by atoms with Crippen molar-refractivity contribution in [2.45, 2.75) is 19.4 Å². The van der Waals surface area contributed by atoms with Crippen LogP contribution in [0.3, 0.4) is 0 Å². The van der Waals surface area contributed by atoms with Crippen LogP contribution in [0.15, 0.2) is 18.2 Å². The second-order valence-corrected chi connectivity index (χ2v) is 4.23. The van der Waals surface area contributed by atoms with Gasteiger partial charge in [0.25, 0.3) is 0 Å². The van der Waals surface area contributed by atoms with E-state index in [9.17, 15) is 0 Å². The van der Waals surface area contributed by atoms with Gasteiger partial charge in [-0.2, -0.15) is 4.80 Å². The molecule has 0 fully saturated rings. The van der Waals surface area contributed by atoms with Crippen LogP contribution in [0.1, 0.15) is 23.0 Å². The van der Waals surface area contributed by atoms with Crippen molar-refractivity contribution in [2.75, 3.05) is 7.11 Å². The van der Waals surface area contributed by atoms with Crippen molar-refractivity contribution in [3.8, 4) is 5.75 Å². The van der Waals surface area contributed by atoms with Gasteiger partial charge < -0.3 is 10.5 Å². The number of nitrogens with zero attached hydrogens (tertiary/aromatic N) is 4. The van der Waals surface area contributed by atoms with E-state index in [1.807, 2.05) is 25.1 Å². The summed E-state index contributed by atoms with van der Waals surface area (Å²) in [5.41, 5.74) is 8.25. The van der Waals surface area contributed by atoms with Crippen LogP contribution in [0.25, 0.3) is 0 Å². The van der Waals surface area contributed by atoms with Crippen LogP contribution < -0.4 is 10.5 Å². The van der Waals surface area contributed by atoms with E-state index in [1.165, 1.54) is 4.80 Å². The predicted molar refractivity (Wildman–Crippen MR) is 67.2 cm³/mol. The van der Waals surface area contributed by atoms with E-state index >= 15 is 0 Å². The molecule has 6 heteroatoms. The van der Waals surface area contributed by atoms with Gasteiger partial charge in [-0.1, -0.05) is 12.1 Å². The molecule has 1 aromatic carbocycles. The van der Waals surface area contributed by atoms with Gasteiger partial charge in [0.05, 0.1) is 14.2 Å². The number of methoxy groups -OCH3 is 1. The van der Waals surface area contributed by atoms with Crippen LogP contribution in [0.2, 0.25) is 0 Å². The van der Waals surface area contributed by atoms with Crippen molar-refractivity contribution in [2.24, 2.45) is 12.8 Å². The average Bonchev–Trinajstić information content (AvgIpc) is 2.74. The molecule has 0 saturated carbocycles. The van der Waals surface area contributed by atoms with Crippen molar-refractivity contribution < 1.29 is 4.74 Å². The smallest absolute Gasteiger partial charge is 0.176 e. The summed E-state index contributed by atoms with van der Waals surface area (Å²) in [7, 11) is 3.39. The second kappa shape index (κ2) is 5.14. The molecule has 2 N–H and O–H groups in total. The maximum atomic E-state index is 6.14. The Morgan fingerprint density at radius 3 is 2.78 bits per heavy atom. The first-order chi connectivity index (χ1) is 8.60. The minimum atomic E-state index is -0.140. The number of ether oxygens (including phenoxy) is 1. The van der Waals surface area contributed by atoms with E-state index in [0.29, 0.717) is 12.2 Å². The van der Waals surface area contributed by atoms with Gasteiger partial charge in [0.1, 0.15) is 5.75 Å². The Bertz CT molecular complexity index is 537. The lowest BCUT2D eigenvalue weighted by molar-refractivity contribution is 0.411. The largest absolute Gasteiger partial charge is 0.496 e. The first kappa shape index (κ1) is 12.5. The topological polar surface area (TPSA) is 78.9 Å². The first-order valence-corrected chi connectivity index (χ1v) is 5.73. The summed E-state index contributed by atoms with van der Waals surface area (Å²) < 4.78 is 5.22. The molecule has 2 rings (SSSR count). The minimum absolute atomic E-state index is 0.140. The maximum Gasteiger partial charge on any atom is 0.176 e. The molecule has 0 radical (unpaired) electrons. The zero-order valence-corrected chi connectivity index (χ0v) is 10.8. The van der Waals surface area contributed by atoms with Crippen LogP contribution in [-0.4, -0.2) is 27.3 Å².